The summed E-state index contributed by atoms with van der Waals surface area (Å²) in [5.41, 5.74) is 6.71. The molecular formula is C19H23N3O. The molecule has 0 spiro atoms. The molecule has 0 unspecified atom stereocenters. The molecule has 0 bridgehead atoms. The largest absolute Gasteiger partial charge is 0.323 e. The minimum Gasteiger partial charge on any atom is -0.323 e. The molecule has 0 aliphatic heterocycles. The Balaban J connectivity index is 1.71. The molecule has 0 fully saturated rings. The van der Waals surface area contributed by atoms with Crippen LogP contribution in [-0.2, 0) is 24.2 Å². The monoisotopic (exact) mass is 309 g/mol. The van der Waals surface area contributed by atoms with Gasteiger partial charge in [-0.15, -0.1) is 0 Å². The van der Waals surface area contributed by atoms with E-state index in [1.165, 1.54) is 17.5 Å². The molecule has 4 nitrogen and oxygen atoms in total. The summed E-state index contributed by atoms with van der Waals surface area (Å²) >= 11 is 0. The number of nitrogens with zero attached hydrogens (tertiary/aromatic N) is 2. The Morgan fingerprint density at radius 3 is 2.83 bits per heavy atom. The van der Waals surface area contributed by atoms with Crippen molar-refractivity contribution in [2.24, 2.45) is 0 Å². The van der Waals surface area contributed by atoms with Gasteiger partial charge in [0.1, 0.15) is 0 Å². The first-order chi connectivity index (χ1) is 11.1. The third-order valence-corrected chi connectivity index (χ3v) is 4.50. The number of carbonyl (C=O) groups excluding carboxylic acids is 1. The fourth-order valence-corrected chi connectivity index (χ4v) is 3.25. The summed E-state index contributed by atoms with van der Waals surface area (Å²) in [5, 5.41) is 7.41. The van der Waals surface area contributed by atoms with Gasteiger partial charge in [0, 0.05) is 29.6 Å². The van der Waals surface area contributed by atoms with Gasteiger partial charge in [-0.25, -0.2) is 0 Å². The molecule has 1 heterocycles. The van der Waals surface area contributed by atoms with Crippen LogP contribution in [0.5, 0.6) is 0 Å². The maximum absolute atomic E-state index is 12.2. The summed E-state index contributed by atoms with van der Waals surface area (Å²) in [6, 6.07) is 6.21. The molecule has 1 aliphatic rings. The zero-order chi connectivity index (χ0) is 16.4. The number of fused-ring (bicyclic) bond motifs is 1. The number of amides is 1. The Morgan fingerprint density at radius 1 is 1.30 bits per heavy atom. The van der Waals surface area contributed by atoms with Crippen molar-refractivity contribution >= 4 is 17.7 Å². The lowest BCUT2D eigenvalue weighted by atomic mass is 10.1. The topological polar surface area (TPSA) is 46.9 Å². The van der Waals surface area contributed by atoms with Crippen molar-refractivity contribution in [2.75, 3.05) is 5.32 Å². The van der Waals surface area contributed by atoms with Crippen molar-refractivity contribution in [3.63, 3.8) is 0 Å². The quantitative estimate of drug-likeness (QED) is 0.876. The number of rotatable bonds is 4. The molecule has 1 amide bonds. The van der Waals surface area contributed by atoms with E-state index < -0.39 is 0 Å². The molecule has 1 N–H and O–H groups in total. The normalized spacial score (nSPS) is 13.5. The fourth-order valence-electron chi connectivity index (χ4n) is 3.25. The molecule has 3 rings (SSSR count). The molecule has 4 heteroatoms. The molecule has 0 atom stereocenters. The van der Waals surface area contributed by atoms with Crippen LogP contribution in [-0.4, -0.2) is 15.7 Å². The summed E-state index contributed by atoms with van der Waals surface area (Å²) in [6.45, 7) is 6.90. The van der Waals surface area contributed by atoms with Crippen molar-refractivity contribution in [3.05, 3.63) is 52.4 Å². The fraction of sp³-hybridized carbons (Fsp3) is 0.368. The number of carbonyl (C=O) groups is 1. The number of nitrogens with one attached hydrogen (secondary N) is 1. The highest BCUT2D eigenvalue weighted by Gasteiger charge is 2.11. The molecule has 23 heavy (non-hydrogen) atoms. The van der Waals surface area contributed by atoms with Crippen molar-refractivity contribution in [3.8, 4) is 0 Å². The van der Waals surface area contributed by atoms with Gasteiger partial charge in [-0.05, 0) is 69.4 Å². The standard InChI is InChI=1S/C19H23N3O/c1-4-22-14(3)18(13(2)21-22)10-11-19(23)20-17-9-8-15-6-5-7-16(15)12-17/h8-12H,4-7H2,1-3H3,(H,20,23)/b11-10+. The average Bonchev–Trinajstić information content (AvgIpc) is 3.09. The van der Waals surface area contributed by atoms with Crippen LogP contribution in [0.2, 0.25) is 0 Å². The minimum atomic E-state index is -0.106. The zero-order valence-corrected chi connectivity index (χ0v) is 14.0. The van der Waals surface area contributed by atoms with Crippen LogP contribution in [0, 0.1) is 13.8 Å². The highest BCUT2D eigenvalue weighted by atomic mass is 16.1. The Morgan fingerprint density at radius 2 is 2.09 bits per heavy atom. The lowest BCUT2D eigenvalue weighted by Gasteiger charge is -2.05. The van der Waals surface area contributed by atoms with Crippen LogP contribution >= 0.6 is 0 Å². The van der Waals surface area contributed by atoms with Gasteiger partial charge in [0.2, 0.25) is 5.91 Å². The summed E-state index contributed by atoms with van der Waals surface area (Å²) < 4.78 is 1.95. The highest BCUT2D eigenvalue weighted by Crippen LogP contribution is 2.25. The average molecular weight is 309 g/mol. The number of hydrogen-bond donors (Lipinski definition) is 1. The van der Waals surface area contributed by atoms with Crippen molar-refractivity contribution < 1.29 is 4.79 Å². The van der Waals surface area contributed by atoms with Crippen LogP contribution in [0.15, 0.2) is 24.3 Å². The van der Waals surface area contributed by atoms with Gasteiger partial charge in [-0.1, -0.05) is 6.07 Å². The Bertz CT molecular complexity index is 771. The van der Waals surface area contributed by atoms with Gasteiger partial charge in [0.15, 0.2) is 0 Å². The van der Waals surface area contributed by atoms with Crippen molar-refractivity contribution in [2.45, 2.75) is 46.6 Å². The van der Waals surface area contributed by atoms with Gasteiger partial charge in [0.25, 0.3) is 0 Å². The summed E-state index contributed by atoms with van der Waals surface area (Å²) in [5.74, 6) is -0.106. The van der Waals surface area contributed by atoms with Crippen LogP contribution < -0.4 is 5.32 Å². The van der Waals surface area contributed by atoms with E-state index in [4.69, 9.17) is 0 Å². The molecule has 120 valence electrons. The lowest BCUT2D eigenvalue weighted by Crippen LogP contribution is -2.08. The van der Waals surface area contributed by atoms with E-state index in [1.807, 2.05) is 30.7 Å². The Hall–Kier alpha value is -2.36. The molecule has 1 aromatic heterocycles. The first kappa shape index (κ1) is 15.5. The van der Waals surface area contributed by atoms with E-state index in [-0.39, 0.29) is 5.91 Å². The maximum atomic E-state index is 12.2. The second-order valence-electron chi connectivity index (χ2n) is 6.06. The first-order valence-corrected chi connectivity index (χ1v) is 8.23. The predicted octanol–water partition coefficient (Wildman–Crippen LogP) is 3.66. The third-order valence-electron chi connectivity index (χ3n) is 4.50. The summed E-state index contributed by atoms with van der Waals surface area (Å²) in [6.07, 6.45) is 6.93. The number of anilines is 1. The van der Waals surface area contributed by atoms with E-state index >= 15 is 0 Å². The lowest BCUT2D eigenvalue weighted by molar-refractivity contribution is -0.111. The zero-order valence-electron chi connectivity index (χ0n) is 14.0. The maximum Gasteiger partial charge on any atom is 0.248 e. The molecule has 0 radical (unpaired) electrons. The second-order valence-corrected chi connectivity index (χ2v) is 6.06. The molecule has 2 aromatic rings. The van der Waals surface area contributed by atoms with Crippen LogP contribution in [0.1, 0.15) is 41.4 Å². The summed E-state index contributed by atoms with van der Waals surface area (Å²) in [4.78, 5) is 12.2. The number of aromatic nitrogens is 2. The second kappa shape index (κ2) is 6.41. The minimum absolute atomic E-state index is 0.106. The van der Waals surface area contributed by atoms with Gasteiger partial charge in [0.05, 0.1) is 5.69 Å². The molecule has 0 saturated heterocycles. The van der Waals surface area contributed by atoms with E-state index in [1.54, 1.807) is 6.08 Å². The van der Waals surface area contributed by atoms with Gasteiger partial charge >= 0.3 is 0 Å². The van der Waals surface area contributed by atoms with Crippen molar-refractivity contribution in [1.29, 1.82) is 0 Å². The molecule has 1 aliphatic carbocycles. The Kier molecular flexibility index (Phi) is 4.33. The van der Waals surface area contributed by atoms with Gasteiger partial charge in [-0.3, -0.25) is 9.48 Å². The van der Waals surface area contributed by atoms with E-state index in [0.29, 0.717) is 0 Å². The SMILES string of the molecule is CCn1nc(C)c(/C=C/C(=O)Nc2ccc3c(c2)CCC3)c1C. The number of benzene rings is 1. The molecule has 1 aromatic carbocycles. The van der Waals surface area contributed by atoms with E-state index in [0.717, 1.165) is 42.0 Å². The molecular weight excluding hydrogens is 286 g/mol. The number of hydrogen-bond acceptors (Lipinski definition) is 2. The van der Waals surface area contributed by atoms with Gasteiger partial charge < -0.3 is 5.32 Å². The van der Waals surface area contributed by atoms with Crippen LogP contribution in [0.25, 0.3) is 6.08 Å². The smallest absolute Gasteiger partial charge is 0.248 e. The number of aryl methyl sites for hydroxylation is 4. The van der Waals surface area contributed by atoms with E-state index in [9.17, 15) is 4.79 Å². The first-order valence-electron chi connectivity index (χ1n) is 8.23. The Labute approximate surface area is 137 Å². The van der Waals surface area contributed by atoms with Gasteiger partial charge in [-0.2, -0.15) is 5.10 Å². The van der Waals surface area contributed by atoms with Crippen LogP contribution in [0.3, 0.4) is 0 Å². The third kappa shape index (κ3) is 3.21. The van der Waals surface area contributed by atoms with Crippen molar-refractivity contribution in [1.82, 2.24) is 9.78 Å². The highest BCUT2D eigenvalue weighted by molar-refractivity contribution is 6.02. The summed E-state index contributed by atoms with van der Waals surface area (Å²) in [7, 11) is 0. The van der Waals surface area contributed by atoms with Crippen LogP contribution in [0.4, 0.5) is 5.69 Å². The van der Waals surface area contributed by atoms with E-state index in [2.05, 4.69) is 29.5 Å². The molecule has 0 saturated carbocycles. The predicted molar refractivity (Wildman–Crippen MR) is 93.5 cm³/mol.